The van der Waals surface area contributed by atoms with Crippen LogP contribution < -0.4 is 0 Å². The molecule has 0 saturated heterocycles. The average Bonchev–Trinajstić information content (AvgIpc) is 2.34. The van der Waals surface area contributed by atoms with E-state index < -0.39 is 0 Å². The Hall–Kier alpha value is -2.09. The molecule has 0 radical (unpaired) electrons. The third-order valence-corrected chi connectivity index (χ3v) is 2.50. The predicted molar refractivity (Wildman–Crippen MR) is 69.6 cm³/mol. The summed E-state index contributed by atoms with van der Waals surface area (Å²) >= 11 is 0. The van der Waals surface area contributed by atoms with Gasteiger partial charge >= 0.3 is 5.97 Å². The molecule has 0 aromatic heterocycles. The van der Waals surface area contributed by atoms with Crippen LogP contribution in [0.5, 0.6) is 0 Å². The van der Waals surface area contributed by atoms with Crippen LogP contribution in [-0.2, 0) is 9.53 Å². The van der Waals surface area contributed by atoms with Gasteiger partial charge in [0.25, 0.3) is 0 Å². The highest BCUT2D eigenvalue weighted by atomic mass is 16.5. The van der Waals surface area contributed by atoms with Gasteiger partial charge in [0.05, 0.1) is 0 Å². The molecule has 0 bridgehead atoms. The molecule has 0 aliphatic rings. The van der Waals surface area contributed by atoms with E-state index in [0.29, 0.717) is 6.61 Å². The van der Waals surface area contributed by atoms with Crippen molar-refractivity contribution in [2.45, 2.75) is 6.92 Å². The second kappa shape index (κ2) is 5.30. The SMILES string of the molecule is CC(=O)OC/C=C/c1cccc2ccccc12. The van der Waals surface area contributed by atoms with Gasteiger partial charge in [-0.15, -0.1) is 0 Å². The van der Waals surface area contributed by atoms with Crippen LogP contribution in [0.2, 0.25) is 0 Å². The first kappa shape index (κ1) is 11.4. The van der Waals surface area contributed by atoms with Crippen molar-refractivity contribution in [1.82, 2.24) is 0 Å². The van der Waals surface area contributed by atoms with E-state index in [1.807, 2.05) is 36.4 Å². The molecule has 0 saturated carbocycles. The molecule has 0 unspecified atom stereocenters. The largest absolute Gasteiger partial charge is 0.462 e. The summed E-state index contributed by atoms with van der Waals surface area (Å²) < 4.78 is 4.85. The highest BCUT2D eigenvalue weighted by Crippen LogP contribution is 2.19. The third-order valence-electron chi connectivity index (χ3n) is 2.50. The van der Waals surface area contributed by atoms with E-state index in [0.717, 1.165) is 5.56 Å². The van der Waals surface area contributed by atoms with Gasteiger partial charge < -0.3 is 4.74 Å². The number of esters is 1. The first-order valence-electron chi connectivity index (χ1n) is 5.55. The summed E-state index contributed by atoms with van der Waals surface area (Å²) in [6.45, 7) is 1.73. The Morgan fingerprint density at radius 2 is 1.94 bits per heavy atom. The highest BCUT2D eigenvalue weighted by molar-refractivity contribution is 5.90. The van der Waals surface area contributed by atoms with E-state index in [9.17, 15) is 4.79 Å². The van der Waals surface area contributed by atoms with Gasteiger partial charge in [-0.2, -0.15) is 0 Å². The van der Waals surface area contributed by atoms with E-state index >= 15 is 0 Å². The van der Waals surface area contributed by atoms with E-state index in [1.165, 1.54) is 17.7 Å². The Bertz CT molecular complexity index is 550. The number of ether oxygens (including phenoxy) is 1. The average molecular weight is 226 g/mol. The molecular formula is C15H14O2. The van der Waals surface area contributed by atoms with Crippen LogP contribution in [0.15, 0.2) is 48.5 Å². The van der Waals surface area contributed by atoms with E-state index in [-0.39, 0.29) is 5.97 Å². The molecule has 2 rings (SSSR count). The zero-order chi connectivity index (χ0) is 12.1. The molecule has 2 aromatic carbocycles. The quantitative estimate of drug-likeness (QED) is 0.749. The van der Waals surface area contributed by atoms with Crippen molar-refractivity contribution in [1.29, 1.82) is 0 Å². The Morgan fingerprint density at radius 1 is 1.18 bits per heavy atom. The summed E-state index contributed by atoms with van der Waals surface area (Å²) in [6.07, 6.45) is 3.83. The Balaban J connectivity index is 2.21. The minimum atomic E-state index is -0.257. The normalized spacial score (nSPS) is 10.9. The maximum Gasteiger partial charge on any atom is 0.302 e. The van der Waals surface area contributed by atoms with Crippen molar-refractivity contribution in [3.05, 3.63) is 54.1 Å². The maximum atomic E-state index is 10.6. The number of rotatable bonds is 3. The van der Waals surface area contributed by atoms with Gasteiger partial charge in [-0.1, -0.05) is 48.5 Å². The second-order valence-corrected chi connectivity index (χ2v) is 3.77. The van der Waals surface area contributed by atoms with E-state index in [2.05, 4.69) is 18.2 Å². The molecule has 0 amide bonds. The molecule has 0 aliphatic heterocycles. The van der Waals surface area contributed by atoms with Gasteiger partial charge in [-0.05, 0) is 22.4 Å². The van der Waals surface area contributed by atoms with Crippen LogP contribution in [0.25, 0.3) is 16.8 Å². The molecule has 86 valence electrons. The molecule has 0 fully saturated rings. The molecule has 0 atom stereocenters. The second-order valence-electron chi connectivity index (χ2n) is 3.77. The van der Waals surface area contributed by atoms with E-state index in [4.69, 9.17) is 4.74 Å². The van der Waals surface area contributed by atoms with Crippen molar-refractivity contribution in [2.75, 3.05) is 6.61 Å². The minimum absolute atomic E-state index is 0.257. The van der Waals surface area contributed by atoms with E-state index in [1.54, 1.807) is 0 Å². The Morgan fingerprint density at radius 3 is 2.76 bits per heavy atom. The first-order valence-corrected chi connectivity index (χ1v) is 5.55. The van der Waals surface area contributed by atoms with Gasteiger partial charge in [-0.25, -0.2) is 0 Å². The summed E-state index contributed by atoms with van der Waals surface area (Å²) in [4.78, 5) is 10.6. The number of hydrogen-bond donors (Lipinski definition) is 0. The molecule has 2 aromatic rings. The fraction of sp³-hybridized carbons (Fsp3) is 0.133. The fourth-order valence-corrected chi connectivity index (χ4v) is 1.74. The van der Waals surface area contributed by atoms with Gasteiger partial charge in [-0.3, -0.25) is 4.79 Å². The van der Waals surface area contributed by atoms with Crippen molar-refractivity contribution in [3.8, 4) is 0 Å². The number of hydrogen-bond acceptors (Lipinski definition) is 2. The molecule has 0 aliphatic carbocycles. The Labute approximate surface area is 101 Å². The fourth-order valence-electron chi connectivity index (χ4n) is 1.74. The monoisotopic (exact) mass is 226 g/mol. The topological polar surface area (TPSA) is 26.3 Å². The molecule has 2 heteroatoms. The smallest absolute Gasteiger partial charge is 0.302 e. The van der Waals surface area contributed by atoms with Crippen LogP contribution >= 0.6 is 0 Å². The van der Waals surface area contributed by atoms with Gasteiger partial charge in [0.15, 0.2) is 0 Å². The molecule has 0 N–H and O–H groups in total. The molecule has 0 spiro atoms. The molecule has 17 heavy (non-hydrogen) atoms. The standard InChI is InChI=1S/C15H14O2/c1-12(16)17-11-5-9-14-8-4-7-13-6-2-3-10-15(13)14/h2-10H,11H2,1H3/b9-5+. The third kappa shape index (κ3) is 2.94. The number of benzene rings is 2. The van der Waals surface area contributed by atoms with Crippen LogP contribution in [0.4, 0.5) is 0 Å². The summed E-state index contributed by atoms with van der Waals surface area (Å²) in [5.41, 5.74) is 1.13. The predicted octanol–water partition coefficient (Wildman–Crippen LogP) is 3.42. The number of carbonyl (C=O) groups excluding carboxylic acids is 1. The number of fused-ring (bicyclic) bond motifs is 1. The Kier molecular flexibility index (Phi) is 3.55. The van der Waals surface area contributed by atoms with Gasteiger partial charge in [0.1, 0.15) is 6.61 Å². The van der Waals surface area contributed by atoms with Crippen LogP contribution in [0.3, 0.4) is 0 Å². The van der Waals surface area contributed by atoms with Crippen molar-refractivity contribution >= 4 is 22.8 Å². The van der Waals surface area contributed by atoms with Crippen LogP contribution in [0, 0.1) is 0 Å². The first-order chi connectivity index (χ1) is 8.27. The maximum absolute atomic E-state index is 10.6. The summed E-state index contributed by atoms with van der Waals surface area (Å²) in [6, 6.07) is 14.4. The molecule has 2 nitrogen and oxygen atoms in total. The van der Waals surface area contributed by atoms with Crippen molar-refractivity contribution in [3.63, 3.8) is 0 Å². The van der Waals surface area contributed by atoms with Crippen LogP contribution in [-0.4, -0.2) is 12.6 Å². The molecular weight excluding hydrogens is 212 g/mol. The highest BCUT2D eigenvalue weighted by Gasteiger charge is 1.96. The lowest BCUT2D eigenvalue weighted by molar-refractivity contribution is -0.139. The summed E-state index contributed by atoms with van der Waals surface area (Å²) in [5.74, 6) is -0.257. The van der Waals surface area contributed by atoms with Gasteiger partial charge in [0, 0.05) is 6.92 Å². The molecule has 0 heterocycles. The zero-order valence-electron chi connectivity index (χ0n) is 9.72. The van der Waals surface area contributed by atoms with Gasteiger partial charge in [0.2, 0.25) is 0 Å². The lowest BCUT2D eigenvalue weighted by Crippen LogP contribution is -1.97. The van der Waals surface area contributed by atoms with Crippen molar-refractivity contribution < 1.29 is 9.53 Å². The zero-order valence-corrected chi connectivity index (χ0v) is 9.72. The van der Waals surface area contributed by atoms with Crippen molar-refractivity contribution in [2.24, 2.45) is 0 Å². The number of carbonyl (C=O) groups is 1. The van der Waals surface area contributed by atoms with Crippen LogP contribution in [0.1, 0.15) is 12.5 Å². The minimum Gasteiger partial charge on any atom is -0.462 e. The summed E-state index contributed by atoms with van der Waals surface area (Å²) in [5, 5.41) is 2.41. The lowest BCUT2D eigenvalue weighted by atomic mass is 10.0. The summed E-state index contributed by atoms with van der Waals surface area (Å²) in [7, 11) is 0. The lowest BCUT2D eigenvalue weighted by Gasteiger charge is -2.01.